The van der Waals surface area contributed by atoms with Gasteiger partial charge in [-0.05, 0) is 18.3 Å². The lowest BCUT2D eigenvalue weighted by atomic mass is 9.86. The fraction of sp³-hybridized carbons (Fsp3) is 1.00. The van der Waals surface area contributed by atoms with Crippen molar-refractivity contribution in [2.45, 2.75) is 46.5 Å². The Kier molecular flexibility index (Phi) is 6.63. The molecule has 1 nitrogen and oxygen atoms in total. The van der Waals surface area contributed by atoms with Crippen LogP contribution >= 0.6 is 0 Å². The molecule has 0 amide bonds. The van der Waals surface area contributed by atoms with Crippen LogP contribution in [-0.2, 0) is 0 Å². The van der Waals surface area contributed by atoms with Crippen LogP contribution in [0.15, 0.2) is 0 Å². The quantitative estimate of drug-likeness (QED) is 0.630. The molecule has 11 heavy (non-hydrogen) atoms. The van der Waals surface area contributed by atoms with Crippen LogP contribution in [0.3, 0.4) is 0 Å². The number of hydrogen-bond donors (Lipinski definition) is 1. The summed E-state index contributed by atoms with van der Waals surface area (Å²) in [7, 11) is 0. The van der Waals surface area contributed by atoms with Gasteiger partial charge in [0.15, 0.2) is 0 Å². The first kappa shape index (κ1) is 11.0. The molecule has 1 N–H and O–H groups in total. The lowest BCUT2D eigenvalue weighted by Gasteiger charge is -2.20. The Morgan fingerprint density at radius 3 is 2.18 bits per heavy atom. The highest BCUT2D eigenvalue weighted by Gasteiger charge is 2.13. The summed E-state index contributed by atoms with van der Waals surface area (Å²) in [6, 6.07) is 0. The topological polar surface area (TPSA) is 20.2 Å². The van der Waals surface area contributed by atoms with Crippen LogP contribution in [0.2, 0.25) is 0 Å². The van der Waals surface area contributed by atoms with Gasteiger partial charge in [0.2, 0.25) is 0 Å². The molecule has 0 aromatic carbocycles. The molecular formula is C10H22O. The first-order chi connectivity index (χ1) is 5.26. The van der Waals surface area contributed by atoms with E-state index in [0.717, 1.165) is 12.3 Å². The molecule has 2 unspecified atom stereocenters. The second kappa shape index (κ2) is 6.66. The predicted octanol–water partition coefficient (Wildman–Crippen LogP) is 2.83. The Balaban J connectivity index is 3.61. The van der Waals surface area contributed by atoms with Gasteiger partial charge in [0, 0.05) is 6.61 Å². The minimum absolute atomic E-state index is 0.349. The second-order valence-electron chi connectivity index (χ2n) is 3.45. The third-order valence-corrected chi connectivity index (χ3v) is 2.57. The van der Waals surface area contributed by atoms with Crippen LogP contribution in [0.5, 0.6) is 0 Å². The number of aliphatic hydroxyl groups is 1. The van der Waals surface area contributed by atoms with Crippen molar-refractivity contribution in [1.29, 1.82) is 0 Å². The molecule has 0 radical (unpaired) electrons. The average Bonchev–Trinajstić information content (AvgIpc) is 2.00. The van der Waals surface area contributed by atoms with E-state index in [4.69, 9.17) is 5.11 Å². The molecule has 0 bridgehead atoms. The molecule has 0 saturated heterocycles. The molecule has 0 heterocycles. The van der Waals surface area contributed by atoms with Crippen molar-refractivity contribution in [2.75, 3.05) is 6.61 Å². The van der Waals surface area contributed by atoms with Gasteiger partial charge in [-0.1, -0.05) is 40.0 Å². The standard InChI is InChI=1S/C10H22O/c1-4-6-10(5-2)9(3)7-8-11/h9-11H,4-8H2,1-3H3. The zero-order chi connectivity index (χ0) is 8.69. The highest BCUT2D eigenvalue weighted by Crippen LogP contribution is 2.23. The van der Waals surface area contributed by atoms with Gasteiger partial charge in [0.25, 0.3) is 0 Å². The van der Waals surface area contributed by atoms with Crippen molar-refractivity contribution >= 4 is 0 Å². The molecule has 0 aromatic rings. The van der Waals surface area contributed by atoms with E-state index in [1.54, 1.807) is 0 Å². The minimum atomic E-state index is 0.349. The number of hydrogen-bond acceptors (Lipinski definition) is 1. The van der Waals surface area contributed by atoms with Crippen LogP contribution in [0.4, 0.5) is 0 Å². The van der Waals surface area contributed by atoms with Gasteiger partial charge in [-0.2, -0.15) is 0 Å². The summed E-state index contributed by atoms with van der Waals surface area (Å²) in [6.07, 6.45) is 4.82. The van der Waals surface area contributed by atoms with E-state index in [1.807, 2.05) is 0 Å². The first-order valence-electron chi connectivity index (χ1n) is 4.87. The Morgan fingerprint density at radius 1 is 1.18 bits per heavy atom. The molecule has 0 rings (SSSR count). The maximum absolute atomic E-state index is 8.75. The van der Waals surface area contributed by atoms with Crippen LogP contribution < -0.4 is 0 Å². The fourth-order valence-electron chi connectivity index (χ4n) is 1.70. The van der Waals surface area contributed by atoms with Crippen molar-refractivity contribution in [3.8, 4) is 0 Å². The molecule has 0 aliphatic heterocycles. The third kappa shape index (κ3) is 4.41. The summed E-state index contributed by atoms with van der Waals surface area (Å²) in [4.78, 5) is 0. The minimum Gasteiger partial charge on any atom is -0.396 e. The van der Waals surface area contributed by atoms with E-state index < -0.39 is 0 Å². The zero-order valence-corrected chi connectivity index (χ0v) is 8.14. The second-order valence-corrected chi connectivity index (χ2v) is 3.45. The molecule has 0 aromatic heterocycles. The maximum Gasteiger partial charge on any atom is 0.0433 e. The Hall–Kier alpha value is -0.0400. The molecule has 2 atom stereocenters. The van der Waals surface area contributed by atoms with Gasteiger partial charge in [-0.3, -0.25) is 0 Å². The normalized spacial score (nSPS) is 16.4. The van der Waals surface area contributed by atoms with E-state index in [1.165, 1.54) is 19.3 Å². The summed E-state index contributed by atoms with van der Waals surface area (Å²) < 4.78 is 0. The number of rotatable bonds is 6. The van der Waals surface area contributed by atoms with Crippen molar-refractivity contribution in [3.63, 3.8) is 0 Å². The van der Waals surface area contributed by atoms with Crippen LogP contribution in [0.25, 0.3) is 0 Å². The summed E-state index contributed by atoms with van der Waals surface area (Å²) in [5, 5.41) is 8.75. The summed E-state index contributed by atoms with van der Waals surface area (Å²) >= 11 is 0. The molecule has 1 heteroatoms. The van der Waals surface area contributed by atoms with E-state index in [0.29, 0.717) is 12.5 Å². The van der Waals surface area contributed by atoms with Gasteiger partial charge >= 0.3 is 0 Å². The molecule has 0 aliphatic rings. The van der Waals surface area contributed by atoms with Crippen LogP contribution in [0, 0.1) is 11.8 Å². The molecule has 0 fully saturated rings. The largest absolute Gasteiger partial charge is 0.396 e. The van der Waals surface area contributed by atoms with Gasteiger partial charge in [-0.15, -0.1) is 0 Å². The lowest BCUT2D eigenvalue weighted by Crippen LogP contribution is -2.11. The third-order valence-electron chi connectivity index (χ3n) is 2.57. The predicted molar refractivity (Wildman–Crippen MR) is 49.6 cm³/mol. The maximum atomic E-state index is 8.75. The Morgan fingerprint density at radius 2 is 1.82 bits per heavy atom. The highest BCUT2D eigenvalue weighted by molar-refractivity contribution is 4.64. The van der Waals surface area contributed by atoms with Crippen molar-refractivity contribution in [3.05, 3.63) is 0 Å². The smallest absolute Gasteiger partial charge is 0.0433 e. The van der Waals surface area contributed by atoms with E-state index >= 15 is 0 Å². The zero-order valence-electron chi connectivity index (χ0n) is 8.14. The molecule has 0 saturated carbocycles. The monoisotopic (exact) mass is 158 g/mol. The first-order valence-corrected chi connectivity index (χ1v) is 4.87. The van der Waals surface area contributed by atoms with E-state index in [2.05, 4.69) is 20.8 Å². The van der Waals surface area contributed by atoms with Crippen molar-refractivity contribution in [1.82, 2.24) is 0 Å². The Labute approximate surface area is 70.8 Å². The number of aliphatic hydroxyl groups excluding tert-OH is 1. The van der Waals surface area contributed by atoms with Gasteiger partial charge in [0.1, 0.15) is 0 Å². The lowest BCUT2D eigenvalue weighted by molar-refractivity contribution is 0.219. The van der Waals surface area contributed by atoms with Gasteiger partial charge in [0.05, 0.1) is 0 Å². The summed E-state index contributed by atoms with van der Waals surface area (Å²) in [6.45, 7) is 7.07. The molecule has 0 spiro atoms. The molecule has 0 aliphatic carbocycles. The summed E-state index contributed by atoms with van der Waals surface area (Å²) in [5.74, 6) is 1.53. The van der Waals surface area contributed by atoms with Crippen molar-refractivity contribution in [2.24, 2.45) is 11.8 Å². The Bertz CT molecular complexity index is 80.9. The van der Waals surface area contributed by atoms with E-state index in [-0.39, 0.29) is 0 Å². The highest BCUT2D eigenvalue weighted by atomic mass is 16.3. The average molecular weight is 158 g/mol. The SMILES string of the molecule is CCCC(CC)C(C)CCO. The molecule has 68 valence electrons. The fourth-order valence-corrected chi connectivity index (χ4v) is 1.70. The van der Waals surface area contributed by atoms with Gasteiger partial charge in [-0.25, -0.2) is 0 Å². The molecular weight excluding hydrogens is 136 g/mol. The van der Waals surface area contributed by atoms with Crippen LogP contribution in [-0.4, -0.2) is 11.7 Å². The summed E-state index contributed by atoms with van der Waals surface area (Å²) in [5.41, 5.74) is 0. The van der Waals surface area contributed by atoms with Crippen LogP contribution in [0.1, 0.15) is 46.5 Å². The van der Waals surface area contributed by atoms with Gasteiger partial charge < -0.3 is 5.11 Å². The van der Waals surface area contributed by atoms with Crippen molar-refractivity contribution < 1.29 is 5.11 Å². The van der Waals surface area contributed by atoms with E-state index in [9.17, 15) is 0 Å².